The van der Waals surface area contributed by atoms with Gasteiger partial charge >= 0.3 is 12.0 Å². The zero-order valence-corrected chi connectivity index (χ0v) is 11.7. The summed E-state index contributed by atoms with van der Waals surface area (Å²) < 4.78 is 5.06. The van der Waals surface area contributed by atoms with Crippen LogP contribution < -0.4 is 10.1 Å². The summed E-state index contributed by atoms with van der Waals surface area (Å²) in [5, 5.41) is 11.9. The van der Waals surface area contributed by atoms with Crippen molar-refractivity contribution in [1.82, 2.24) is 4.90 Å². The van der Waals surface area contributed by atoms with E-state index in [9.17, 15) is 9.59 Å². The Bertz CT molecular complexity index is 531. The summed E-state index contributed by atoms with van der Waals surface area (Å²) in [6.07, 6.45) is 1.68. The van der Waals surface area contributed by atoms with Crippen LogP contribution in [0.2, 0.25) is 5.02 Å². The monoisotopic (exact) mass is 298 g/mol. The van der Waals surface area contributed by atoms with Gasteiger partial charge in [-0.15, -0.1) is 0 Å². The number of carbonyl (C=O) groups is 2. The fourth-order valence-corrected chi connectivity index (χ4v) is 2.03. The number of ether oxygens (including phenoxy) is 1. The number of hydrogen-bond acceptors (Lipinski definition) is 3. The number of aliphatic carboxylic acids is 1. The third kappa shape index (κ3) is 3.54. The standard InChI is InChI=1S/C13H15ClN2O4/c1-20-11-6-8(2-5-10(11)14)15-13(19)16(7-12(17)18)9-3-4-9/h2,5-6,9H,3-4,7H2,1H3,(H,15,19)(H,17,18). The van der Waals surface area contributed by atoms with Crippen LogP contribution in [0.4, 0.5) is 10.5 Å². The second-order valence-corrected chi connectivity index (χ2v) is 4.94. The molecule has 1 aromatic carbocycles. The number of urea groups is 1. The summed E-state index contributed by atoms with van der Waals surface area (Å²) in [7, 11) is 1.48. The number of anilines is 1. The average Bonchev–Trinajstić information content (AvgIpc) is 3.22. The van der Waals surface area contributed by atoms with E-state index in [-0.39, 0.29) is 12.6 Å². The van der Waals surface area contributed by atoms with Crippen molar-refractivity contribution in [3.8, 4) is 5.75 Å². The molecule has 1 aliphatic carbocycles. The minimum Gasteiger partial charge on any atom is -0.495 e. The van der Waals surface area contributed by atoms with Gasteiger partial charge in [-0.1, -0.05) is 11.6 Å². The molecule has 0 unspecified atom stereocenters. The number of methoxy groups -OCH3 is 1. The lowest BCUT2D eigenvalue weighted by atomic mass is 10.3. The number of nitrogens with one attached hydrogen (secondary N) is 1. The molecule has 20 heavy (non-hydrogen) atoms. The largest absolute Gasteiger partial charge is 0.495 e. The van der Waals surface area contributed by atoms with Gasteiger partial charge in [0.25, 0.3) is 0 Å². The maximum absolute atomic E-state index is 12.1. The Morgan fingerprint density at radius 3 is 2.75 bits per heavy atom. The van der Waals surface area contributed by atoms with Crippen molar-refractivity contribution in [2.24, 2.45) is 0 Å². The van der Waals surface area contributed by atoms with Gasteiger partial charge in [0, 0.05) is 17.8 Å². The third-order valence-electron chi connectivity index (χ3n) is 2.96. The average molecular weight is 299 g/mol. The molecule has 0 spiro atoms. The smallest absolute Gasteiger partial charge is 0.323 e. The summed E-state index contributed by atoms with van der Waals surface area (Å²) >= 11 is 5.90. The molecule has 1 aromatic rings. The second kappa shape index (κ2) is 6.00. The number of carboxylic acid groups (broad SMARTS) is 1. The summed E-state index contributed by atoms with van der Waals surface area (Å²) in [6.45, 7) is -0.304. The van der Waals surface area contributed by atoms with E-state index in [4.69, 9.17) is 21.4 Å². The molecule has 0 aromatic heterocycles. The van der Waals surface area contributed by atoms with Gasteiger partial charge in [-0.25, -0.2) is 4.79 Å². The van der Waals surface area contributed by atoms with Gasteiger partial charge in [-0.3, -0.25) is 4.79 Å². The molecular weight excluding hydrogens is 284 g/mol. The highest BCUT2D eigenvalue weighted by Crippen LogP contribution is 2.29. The second-order valence-electron chi connectivity index (χ2n) is 4.53. The van der Waals surface area contributed by atoms with E-state index in [0.717, 1.165) is 12.8 Å². The van der Waals surface area contributed by atoms with Gasteiger partial charge < -0.3 is 20.1 Å². The Morgan fingerprint density at radius 1 is 1.50 bits per heavy atom. The molecule has 0 heterocycles. The van der Waals surface area contributed by atoms with Crippen LogP contribution >= 0.6 is 11.6 Å². The van der Waals surface area contributed by atoms with Crippen LogP contribution in [0.3, 0.4) is 0 Å². The number of amides is 2. The Balaban J connectivity index is 2.07. The highest BCUT2D eigenvalue weighted by atomic mass is 35.5. The Labute approximate surface area is 121 Å². The maximum Gasteiger partial charge on any atom is 0.323 e. The minimum atomic E-state index is -1.03. The normalized spacial score (nSPS) is 13.7. The van der Waals surface area contributed by atoms with Crippen LogP contribution in [0, 0.1) is 0 Å². The Hall–Kier alpha value is -1.95. The van der Waals surface area contributed by atoms with E-state index in [1.54, 1.807) is 18.2 Å². The van der Waals surface area contributed by atoms with Crippen LogP contribution in [-0.2, 0) is 4.79 Å². The van der Waals surface area contributed by atoms with E-state index >= 15 is 0 Å². The van der Waals surface area contributed by atoms with E-state index in [0.29, 0.717) is 16.5 Å². The number of hydrogen-bond donors (Lipinski definition) is 2. The maximum atomic E-state index is 12.1. The molecule has 7 heteroatoms. The molecule has 0 bridgehead atoms. The van der Waals surface area contributed by atoms with Crippen molar-refractivity contribution in [3.05, 3.63) is 23.2 Å². The molecule has 1 saturated carbocycles. The fraction of sp³-hybridized carbons (Fsp3) is 0.385. The molecule has 0 aliphatic heterocycles. The van der Waals surface area contributed by atoms with Crippen molar-refractivity contribution in [2.75, 3.05) is 19.0 Å². The molecule has 2 rings (SSSR count). The zero-order chi connectivity index (χ0) is 14.7. The number of rotatable bonds is 5. The molecule has 1 fully saturated rings. The van der Waals surface area contributed by atoms with E-state index in [1.807, 2.05) is 0 Å². The van der Waals surface area contributed by atoms with Crippen LogP contribution in [0.1, 0.15) is 12.8 Å². The highest BCUT2D eigenvalue weighted by Gasteiger charge is 2.33. The van der Waals surface area contributed by atoms with Gasteiger partial charge in [-0.2, -0.15) is 0 Å². The van der Waals surface area contributed by atoms with E-state index in [1.165, 1.54) is 12.0 Å². The van der Waals surface area contributed by atoms with E-state index in [2.05, 4.69) is 5.32 Å². The molecule has 1 aliphatic rings. The molecule has 2 N–H and O–H groups in total. The predicted molar refractivity (Wildman–Crippen MR) is 74.4 cm³/mol. The van der Waals surface area contributed by atoms with Gasteiger partial charge in [-0.05, 0) is 25.0 Å². The molecule has 108 valence electrons. The number of carboxylic acids is 1. The Kier molecular flexibility index (Phi) is 4.34. The van der Waals surface area contributed by atoms with Crippen molar-refractivity contribution >= 4 is 29.3 Å². The lowest BCUT2D eigenvalue weighted by Gasteiger charge is -2.21. The molecular formula is C13H15ClN2O4. The first-order valence-electron chi connectivity index (χ1n) is 6.14. The van der Waals surface area contributed by atoms with Crippen LogP contribution in [-0.4, -0.2) is 41.7 Å². The van der Waals surface area contributed by atoms with Crippen LogP contribution in [0.15, 0.2) is 18.2 Å². The van der Waals surface area contributed by atoms with Crippen molar-refractivity contribution in [1.29, 1.82) is 0 Å². The molecule has 0 radical (unpaired) electrons. The van der Waals surface area contributed by atoms with Crippen molar-refractivity contribution in [3.63, 3.8) is 0 Å². The van der Waals surface area contributed by atoms with E-state index < -0.39 is 12.0 Å². The first kappa shape index (κ1) is 14.5. The first-order valence-corrected chi connectivity index (χ1v) is 6.52. The molecule has 0 atom stereocenters. The van der Waals surface area contributed by atoms with Gasteiger partial charge in [0.15, 0.2) is 0 Å². The molecule has 6 nitrogen and oxygen atoms in total. The summed E-state index contributed by atoms with van der Waals surface area (Å²) in [5.41, 5.74) is 0.507. The summed E-state index contributed by atoms with van der Waals surface area (Å²) in [4.78, 5) is 24.2. The molecule has 0 saturated heterocycles. The van der Waals surface area contributed by atoms with Crippen LogP contribution in [0.25, 0.3) is 0 Å². The van der Waals surface area contributed by atoms with Crippen molar-refractivity contribution < 1.29 is 19.4 Å². The first-order chi connectivity index (χ1) is 9.51. The Morgan fingerprint density at radius 2 is 2.20 bits per heavy atom. The molecule has 2 amide bonds. The quantitative estimate of drug-likeness (QED) is 0.875. The van der Waals surface area contributed by atoms with Crippen molar-refractivity contribution in [2.45, 2.75) is 18.9 Å². The zero-order valence-electron chi connectivity index (χ0n) is 10.9. The van der Waals surface area contributed by atoms with Gasteiger partial charge in [0.1, 0.15) is 12.3 Å². The lowest BCUT2D eigenvalue weighted by Crippen LogP contribution is -2.40. The summed E-state index contributed by atoms with van der Waals surface area (Å²) in [6, 6.07) is 4.41. The summed E-state index contributed by atoms with van der Waals surface area (Å²) in [5.74, 6) is -0.582. The number of halogens is 1. The topological polar surface area (TPSA) is 78.9 Å². The number of benzene rings is 1. The SMILES string of the molecule is COc1cc(NC(=O)N(CC(=O)O)C2CC2)ccc1Cl. The lowest BCUT2D eigenvalue weighted by molar-refractivity contribution is -0.137. The number of nitrogens with zero attached hydrogens (tertiary/aromatic N) is 1. The van der Waals surface area contributed by atoms with Crippen LogP contribution in [0.5, 0.6) is 5.75 Å². The highest BCUT2D eigenvalue weighted by molar-refractivity contribution is 6.32. The fourth-order valence-electron chi connectivity index (χ4n) is 1.83. The predicted octanol–water partition coefficient (Wildman–Crippen LogP) is 2.43. The van der Waals surface area contributed by atoms with Gasteiger partial charge in [0.2, 0.25) is 0 Å². The minimum absolute atomic E-state index is 0.0142. The van der Waals surface area contributed by atoms with Gasteiger partial charge in [0.05, 0.1) is 12.1 Å². The number of carbonyl (C=O) groups excluding carboxylic acids is 1. The third-order valence-corrected chi connectivity index (χ3v) is 3.27.